The van der Waals surface area contributed by atoms with E-state index in [1.807, 2.05) is 0 Å². The van der Waals surface area contributed by atoms with Gasteiger partial charge in [-0.3, -0.25) is 0 Å². The van der Waals surface area contributed by atoms with Gasteiger partial charge >= 0.3 is 5.97 Å². The maximum absolute atomic E-state index is 13.0. The molecule has 0 aromatic heterocycles. The van der Waals surface area contributed by atoms with Crippen molar-refractivity contribution in [2.24, 2.45) is 0 Å². The average Bonchev–Trinajstić information content (AvgIpc) is 2.40. The molecule has 0 radical (unpaired) electrons. The Kier molecular flexibility index (Phi) is 4.17. The first-order valence-electron chi connectivity index (χ1n) is 6.10. The maximum atomic E-state index is 13.0. The van der Waals surface area contributed by atoms with Gasteiger partial charge in [0.2, 0.25) is 0 Å². The number of carboxylic acids is 1. The lowest BCUT2D eigenvalue weighted by Crippen LogP contribution is -2.48. The number of carboxylic acid groups (broad SMARTS) is 1. The molecule has 108 valence electrons. The standard InChI is InChI=1S/C14H15FO5/c15-10-3-1-2-9(6-10)8-20-14(13(18)19)5-4-11(16)12(17)7-14/h1-6,11-12,16-17H,7-8H2,(H,18,19)/t11-,12-,14+/m1/s1. The van der Waals surface area contributed by atoms with E-state index in [-0.39, 0.29) is 13.0 Å². The van der Waals surface area contributed by atoms with Crippen molar-refractivity contribution in [1.82, 2.24) is 0 Å². The largest absolute Gasteiger partial charge is 0.479 e. The number of halogens is 1. The van der Waals surface area contributed by atoms with Gasteiger partial charge in [0.25, 0.3) is 0 Å². The van der Waals surface area contributed by atoms with Gasteiger partial charge in [-0.05, 0) is 23.8 Å². The summed E-state index contributed by atoms with van der Waals surface area (Å²) >= 11 is 0. The van der Waals surface area contributed by atoms with Gasteiger partial charge in [0.15, 0.2) is 5.60 Å². The molecular formula is C14H15FO5. The molecule has 0 bridgehead atoms. The summed E-state index contributed by atoms with van der Waals surface area (Å²) in [6.45, 7) is -0.114. The monoisotopic (exact) mass is 282 g/mol. The fourth-order valence-electron chi connectivity index (χ4n) is 2.05. The smallest absolute Gasteiger partial charge is 0.340 e. The molecule has 0 saturated carbocycles. The summed E-state index contributed by atoms with van der Waals surface area (Å²) in [5.41, 5.74) is -1.23. The zero-order chi connectivity index (χ0) is 14.8. The second kappa shape index (κ2) is 5.70. The average molecular weight is 282 g/mol. The molecule has 1 aromatic rings. The van der Waals surface area contributed by atoms with E-state index in [1.54, 1.807) is 6.07 Å². The molecule has 1 aliphatic carbocycles. The molecule has 0 saturated heterocycles. The van der Waals surface area contributed by atoms with Gasteiger partial charge in [0.05, 0.1) is 18.8 Å². The number of aliphatic carboxylic acids is 1. The van der Waals surface area contributed by atoms with Crippen LogP contribution >= 0.6 is 0 Å². The maximum Gasteiger partial charge on any atom is 0.340 e. The number of ether oxygens (including phenoxy) is 1. The van der Waals surface area contributed by atoms with E-state index in [0.717, 1.165) is 0 Å². The van der Waals surface area contributed by atoms with Gasteiger partial charge < -0.3 is 20.1 Å². The van der Waals surface area contributed by atoms with Gasteiger partial charge in [-0.15, -0.1) is 0 Å². The van der Waals surface area contributed by atoms with Crippen LogP contribution in [0.3, 0.4) is 0 Å². The third-order valence-electron chi connectivity index (χ3n) is 3.22. The van der Waals surface area contributed by atoms with Crippen LogP contribution in [0.5, 0.6) is 0 Å². The van der Waals surface area contributed by atoms with E-state index in [9.17, 15) is 24.5 Å². The van der Waals surface area contributed by atoms with Gasteiger partial charge in [-0.1, -0.05) is 18.2 Å². The zero-order valence-electron chi connectivity index (χ0n) is 10.6. The fourth-order valence-corrected chi connectivity index (χ4v) is 2.05. The van der Waals surface area contributed by atoms with Crippen LogP contribution in [0.15, 0.2) is 36.4 Å². The summed E-state index contributed by atoms with van der Waals surface area (Å²) in [6, 6.07) is 5.62. The molecule has 0 heterocycles. The van der Waals surface area contributed by atoms with Crippen molar-refractivity contribution in [2.45, 2.75) is 30.8 Å². The van der Waals surface area contributed by atoms with Gasteiger partial charge in [-0.25, -0.2) is 9.18 Å². The van der Waals surface area contributed by atoms with Crippen LogP contribution in [0.1, 0.15) is 12.0 Å². The second-order valence-electron chi connectivity index (χ2n) is 4.73. The normalized spacial score (nSPS) is 29.4. The van der Waals surface area contributed by atoms with Gasteiger partial charge in [-0.2, -0.15) is 0 Å². The van der Waals surface area contributed by atoms with Crippen LogP contribution in [-0.2, 0) is 16.1 Å². The predicted molar refractivity (Wildman–Crippen MR) is 67.3 cm³/mol. The number of hydrogen-bond donors (Lipinski definition) is 3. The first kappa shape index (κ1) is 14.6. The molecule has 0 unspecified atom stereocenters. The Bertz CT molecular complexity index is 530. The minimum atomic E-state index is -1.72. The van der Waals surface area contributed by atoms with Crippen molar-refractivity contribution < 1.29 is 29.2 Å². The van der Waals surface area contributed by atoms with E-state index in [1.165, 1.54) is 30.4 Å². The number of carbonyl (C=O) groups is 1. The van der Waals surface area contributed by atoms with Crippen LogP contribution < -0.4 is 0 Å². The lowest BCUT2D eigenvalue weighted by molar-refractivity contribution is -0.167. The van der Waals surface area contributed by atoms with E-state index < -0.39 is 29.6 Å². The first-order chi connectivity index (χ1) is 9.43. The summed E-state index contributed by atoms with van der Waals surface area (Å²) in [6.07, 6.45) is -0.196. The highest BCUT2D eigenvalue weighted by molar-refractivity contribution is 5.80. The van der Waals surface area contributed by atoms with E-state index in [0.29, 0.717) is 5.56 Å². The number of hydrogen-bond acceptors (Lipinski definition) is 4. The summed E-state index contributed by atoms with van der Waals surface area (Å²) in [5, 5.41) is 28.3. The van der Waals surface area contributed by atoms with Crippen LogP contribution in [0, 0.1) is 5.82 Å². The Balaban J connectivity index is 2.15. The lowest BCUT2D eigenvalue weighted by Gasteiger charge is -2.33. The van der Waals surface area contributed by atoms with E-state index in [2.05, 4.69) is 0 Å². The highest BCUT2D eigenvalue weighted by Crippen LogP contribution is 2.28. The summed E-state index contributed by atoms with van der Waals surface area (Å²) in [4.78, 5) is 11.4. The lowest BCUT2D eigenvalue weighted by atomic mass is 9.87. The summed E-state index contributed by atoms with van der Waals surface area (Å²) < 4.78 is 18.4. The molecule has 0 spiro atoms. The zero-order valence-corrected chi connectivity index (χ0v) is 10.6. The molecule has 3 atom stereocenters. The molecule has 0 aliphatic heterocycles. The Morgan fingerprint density at radius 2 is 2.20 bits per heavy atom. The van der Waals surface area contributed by atoms with Crippen LogP contribution in [0.4, 0.5) is 4.39 Å². The Hall–Kier alpha value is -1.76. The summed E-state index contributed by atoms with van der Waals surface area (Å²) in [7, 11) is 0. The second-order valence-corrected chi connectivity index (χ2v) is 4.73. The number of aliphatic hydroxyl groups excluding tert-OH is 2. The quantitative estimate of drug-likeness (QED) is 0.713. The molecule has 1 aromatic carbocycles. The van der Waals surface area contributed by atoms with Crippen molar-refractivity contribution in [2.75, 3.05) is 0 Å². The third-order valence-corrected chi connectivity index (χ3v) is 3.22. The molecule has 2 rings (SSSR count). The molecule has 1 aliphatic rings. The van der Waals surface area contributed by atoms with Crippen LogP contribution in [-0.4, -0.2) is 39.1 Å². The molecule has 0 amide bonds. The Morgan fingerprint density at radius 3 is 2.80 bits per heavy atom. The highest BCUT2D eigenvalue weighted by atomic mass is 19.1. The van der Waals surface area contributed by atoms with Crippen LogP contribution in [0.2, 0.25) is 0 Å². The number of aliphatic hydroxyl groups is 2. The molecule has 20 heavy (non-hydrogen) atoms. The van der Waals surface area contributed by atoms with Crippen molar-refractivity contribution in [3.05, 3.63) is 47.8 Å². The topological polar surface area (TPSA) is 87.0 Å². The minimum absolute atomic E-state index is 0.114. The number of benzene rings is 1. The van der Waals surface area contributed by atoms with E-state index in [4.69, 9.17) is 4.74 Å². The molecule has 3 N–H and O–H groups in total. The van der Waals surface area contributed by atoms with Gasteiger partial charge in [0, 0.05) is 6.42 Å². The Labute approximate surface area is 114 Å². The van der Waals surface area contributed by atoms with Crippen molar-refractivity contribution in [3.63, 3.8) is 0 Å². The van der Waals surface area contributed by atoms with Crippen molar-refractivity contribution in [3.8, 4) is 0 Å². The SMILES string of the molecule is O=C(O)[C@]1(OCc2cccc(F)c2)C=C[C@@H](O)[C@H](O)C1. The molecular weight excluding hydrogens is 267 g/mol. The summed E-state index contributed by atoms with van der Waals surface area (Å²) in [5.74, 6) is -1.71. The molecule has 0 fully saturated rings. The minimum Gasteiger partial charge on any atom is -0.479 e. The van der Waals surface area contributed by atoms with E-state index >= 15 is 0 Å². The van der Waals surface area contributed by atoms with Crippen LogP contribution in [0.25, 0.3) is 0 Å². The highest BCUT2D eigenvalue weighted by Gasteiger charge is 2.43. The molecule has 6 heteroatoms. The predicted octanol–water partition coefficient (Wildman–Crippen LogP) is 0.847. The Morgan fingerprint density at radius 1 is 1.45 bits per heavy atom. The van der Waals surface area contributed by atoms with Crippen molar-refractivity contribution in [1.29, 1.82) is 0 Å². The third kappa shape index (κ3) is 3.04. The van der Waals surface area contributed by atoms with Crippen molar-refractivity contribution >= 4 is 5.97 Å². The fraction of sp³-hybridized carbons (Fsp3) is 0.357. The van der Waals surface area contributed by atoms with Gasteiger partial charge in [0.1, 0.15) is 5.82 Å². The molecule has 5 nitrogen and oxygen atoms in total. The number of rotatable bonds is 4. The first-order valence-corrected chi connectivity index (χ1v) is 6.10.